The van der Waals surface area contributed by atoms with Crippen molar-refractivity contribution < 1.29 is 13.2 Å². The zero-order chi connectivity index (χ0) is 21.0. The predicted octanol–water partition coefficient (Wildman–Crippen LogP) is 4.34. The second kappa shape index (κ2) is 8.49. The molecule has 0 heterocycles. The number of aryl methyl sites for hydroxylation is 3. The van der Waals surface area contributed by atoms with Crippen LogP contribution in [0.3, 0.4) is 0 Å². The fourth-order valence-electron chi connectivity index (χ4n) is 2.95. The zero-order valence-electron chi connectivity index (χ0n) is 16.7. The molecule has 0 aliphatic heterocycles. The van der Waals surface area contributed by atoms with Crippen LogP contribution in [0, 0.1) is 20.8 Å². The Kier molecular flexibility index (Phi) is 6.03. The Morgan fingerprint density at radius 3 is 2.24 bits per heavy atom. The Bertz CT molecular complexity index is 1140. The molecule has 150 valence electrons. The monoisotopic (exact) mass is 408 g/mol. The molecule has 0 bridgehead atoms. The molecule has 6 heteroatoms. The molecule has 2 N–H and O–H groups in total. The summed E-state index contributed by atoms with van der Waals surface area (Å²) in [6.45, 7) is 6.10. The van der Waals surface area contributed by atoms with Gasteiger partial charge in [-0.3, -0.25) is 9.52 Å². The number of anilines is 1. The first-order valence-electron chi connectivity index (χ1n) is 9.28. The first-order chi connectivity index (χ1) is 13.7. The number of hydrogen-bond donors (Lipinski definition) is 2. The fraction of sp³-hybridized carbons (Fsp3) is 0.174. The third-order valence-corrected chi connectivity index (χ3v) is 5.98. The Balaban J connectivity index is 1.71. The van der Waals surface area contributed by atoms with Crippen molar-refractivity contribution in [2.45, 2.75) is 32.2 Å². The van der Waals surface area contributed by atoms with E-state index in [4.69, 9.17) is 0 Å². The first-order valence-corrected chi connectivity index (χ1v) is 10.8. The van der Waals surface area contributed by atoms with E-state index < -0.39 is 10.0 Å². The van der Waals surface area contributed by atoms with E-state index in [1.54, 1.807) is 49.4 Å². The third kappa shape index (κ3) is 5.23. The van der Waals surface area contributed by atoms with Gasteiger partial charge in [0, 0.05) is 12.1 Å². The topological polar surface area (TPSA) is 75.3 Å². The van der Waals surface area contributed by atoms with Gasteiger partial charge in [0.1, 0.15) is 0 Å². The average Bonchev–Trinajstić information content (AvgIpc) is 2.68. The molecule has 0 aliphatic carbocycles. The van der Waals surface area contributed by atoms with Gasteiger partial charge in [0.2, 0.25) is 0 Å². The number of benzene rings is 3. The van der Waals surface area contributed by atoms with Crippen LogP contribution in [0.5, 0.6) is 0 Å². The van der Waals surface area contributed by atoms with Gasteiger partial charge in [-0.05, 0) is 62.2 Å². The van der Waals surface area contributed by atoms with E-state index in [2.05, 4.69) is 10.0 Å². The Morgan fingerprint density at radius 2 is 1.59 bits per heavy atom. The smallest absolute Gasteiger partial charge is 0.261 e. The summed E-state index contributed by atoms with van der Waals surface area (Å²) in [4.78, 5) is 12.7. The van der Waals surface area contributed by atoms with Gasteiger partial charge in [-0.25, -0.2) is 8.42 Å². The maximum absolute atomic E-state index is 12.6. The molecule has 0 unspecified atom stereocenters. The lowest BCUT2D eigenvalue weighted by atomic mass is 10.1. The number of nitrogens with one attached hydrogen (secondary N) is 2. The molecule has 5 nitrogen and oxygen atoms in total. The van der Waals surface area contributed by atoms with Crippen LogP contribution in [0.25, 0.3) is 0 Å². The first kappa shape index (κ1) is 20.6. The second-order valence-corrected chi connectivity index (χ2v) is 8.80. The molecule has 3 rings (SSSR count). The van der Waals surface area contributed by atoms with Crippen molar-refractivity contribution in [1.29, 1.82) is 0 Å². The van der Waals surface area contributed by atoms with E-state index in [1.807, 2.05) is 38.1 Å². The predicted molar refractivity (Wildman–Crippen MR) is 116 cm³/mol. The molecular weight excluding hydrogens is 384 g/mol. The molecule has 0 saturated heterocycles. The van der Waals surface area contributed by atoms with Crippen LogP contribution < -0.4 is 10.0 Å². The van der Waals surface area contributed by atoms with Gasteiger partial charge in [0.05, 0.1) is 10.6 Å². The largest absolute Gasteiger partial charge is 0.348 e. The molecule has 29 heavy (non-hydrogen) atoms. The molecule has 3 aromatic carbocycles. The summed E-state index contributed by atoms with van der Waals surface area (Å²) in [5.41, 5.74) is 4.75. The Morgan fingerprint density at radius 1 is 0.862 bits per heavy atom. The van der Waals surface area contributed by atoms with Gasteiger partial charge >= 0.3 is 0 Å². The standard InChI is InChI=1S/C23H24N2O3S/c1-16-7-10-21(11-8-16)29(27,28)25-22-12-9-20(14-18(22)3)23(26)24-15-19-6-4-5-17(2)13-19/h4-14,25H,15H2,1-3H3,(H,24,26). The van der Waals surface area contributed by atoms with Gasteiger partial charge in [0.15, 0.2) is 0 Å². The minimum atomic E-state index is -3.69. The summed E-state index contributed by atoms with van der Waals surface area (Å²) in [5.74, 6) is -0.206. The van der Waals surface area contributed by atoms with Crippen LogP contribution in [-0.4, -0.2) is 14.3 Å². The molecule has 1 amide bonds. The van der Waals surface area contributed by atoms with Crippen molar-refractivity contribution in [1.82, 2.24) is 5.32 Å². The maximum atomic E-state index is 12.6. The lowest BCUT2D eigenvalue weighted by Gasteiger charge is -2.12. The minimum Gasteiger partial charge on any atom is -0.348 e. The van der Waals surface area contributed by atoms with Crippen molar-refractivity contribution in [2.24, 2.45) is 0 Å². The van der Waals surface area contributed by atoms with Gasteiger partial charge in [-0.2, -0.15) is 0 Å². The number of carbonyl (C=O) groups excluding carboxylic acids is 1. The third-order valence-electron chi connectivity index (χ3n) is 4.60. The van der Waals surface area contributed by atoms with Gasteiger partial charge in [-0.1, -0.05) is 47.5 Å². The maximum Gasteiger partial charge on any atom is 0.261 e. The fourth-order valence-corrected chi connectivity index (χ4v) is 4.08. The van der Waals surface area contributed by atoms with E-state index in [-0.39, 0.29) is 10.8 Å². The van der Waals surface area contributed by atoms with Crippen LogP contribution in [0.4, 0.5) is 5.69 Å². The van der Waals surface area contributed by atoms with Crippen LogP contribution in [0.15, 0.2) is 71.6 Å². The molecule has 0 fully saturated rings. The van der Waals surface area contributed by atoms with Crippen LogP contribution in [-0.2, 0) is 16.6 Å². The summed E-state index contributed by atoms with van der Waals surface area (Å²) >= 11 is 0. The highest BCUT2D eigenvalue weighted by molar-refractivity contribution is 7.92. The van der Waals surface area contributed by atoms with E-state index in [1.165, 1.54) is 0 Å². The molecule has 0 aliphatic rings. The van der Waals surface area contributed by atoms with E-state index in [0.717, 1.165) is 16.7 Å². The van der Waals surface area contributed by atoms with Crippen molar-refractivity contribution in [2.75, 3.05) is 4.72 Å². The average molecular weight is 409 g/mol. The highest BCUT2D eigenvalue weighted by atomic mass is 32.2. The van der Waals surface area contributed by atoms with Gasteiger partial charge in [-0.15, -0.1) is 0 Å². The van der Waals surface area contributed by atoms with E-state index in [0.29, 0.717) is 23.4 Å². The van der Waals surface area contributed by atoms with Crippen LogP contribution >= 0.6 is 0 Å². The van der Waals surface area contributed by atoms with Crippen molar-refractivity contribution in [3.05, 3.63) is 94.5 Å². The molecular formula is C23H24N2O3S. The van der Waals surface area contributed by atoms with Gasteiger partial charge in [0.25, 0.3) is 15.9 Å². The lowest BCUT2D eigenvalue weighted by Crippen LogP contribution is -2.23. The highest BCUT2D eigenvalue weighted by Gasteiger charge is 2.16. The number of carbonyl (C=O) groups is 1. The molecule has 3 aromatic rings. The number of amides is 1. The summed E-state index contributed by atoms with van der Waals surface area (Å²) in [6, 6.07) is 19.5. The summed E-state index contributed by atoms with van der Waals surface area (Å²) < 4.78 is 27.8. The second-order valence-electron chi connectivity index (χ2n) is 7.12. The van der Waals surface area contributed by atoms with Crippen molar-refractivity contribution >= 4 is 21.6 Å². The van der Waals surface area contributed by atoms with Crippen LogP contribution in [0.1, 0.15) is 32.6 Å². The number of sulfonamides is 1. The summed E-state index contributed by atoms with van der Waals surface area (Å²) in [5, 5.41) is 2.89. The van der Waals surface area contributed by atoms with E-state index >= 15 is 0 Å². The van der Waals surface area contributed by atoms with Crippen LogP contribution in [0.2, 0.25) is 0 Å². The highest BCUT2D eigenvalue weighted by Crippen LogP contribution is 2.21. The quantitative estimate of drug-likeness (QED) is 0.637. The number of hydrogen-bond acceptors (Lipinski definition) is 3. The SMILES string of the molecule is Cc1ccc(S(=O)(=O)Nc2ccc(C(=O)NCc3cccc(C)c3)cc2C)cc1. The normalized spacial score (nSPS) is 11.1. The van der Waals surface area contributed by atoms with Gasteiger partial charge < -0.3 is 5.32 Å². The molecule has 0 aromatic heterocycles. The minimum absolute atomic E-state index is 0.197. The lowest BCUT2D eigenvalue weighted by molar-refractivity contribution is 0.0951. The molecule has 0 saturated carbocycles. The molecule has 0 atom stereocenters. The van der Waals surface area contributed by atoms with E-state index in [9.17, 15) is 13.2 Å². The summed E-state index contributed by atoms with van der Waals surface area (Å²) in [6.07, 6.45) is 0. The Hall–Kier alpha value is -3.12. The zero-order valence-corrected chi connectivity index (χ0v) is 17.5. The Labute approximate surface area is 171 Å². The van der Waals surface area contributed by atoms with Crippen molar-refractivity contribution in [3.8, 4) is 0 Å². The molecule has 0 spiro atoms. The summed E-state index contributed by atoms with van der Waals surface area (Å²) in [7, 11) is -3.69. The number of rotatable bonds is 6. The molecule has 0 radical (unpaired) electrons. The van der Waals surface area contributed by atoms with Crippen molar-refractivity contribution in [3.63, 3.8) is 0 Å².